The lowest BCUT2D eigenvalue weighted by atomic mass is 9.93. The van der Waals surface area contributed by atoms with E-state index in [9.17, 15) is 18.4 Å². The van der Waals surface area contributed by atoms with Gasteiger partial charge in [0.1, 0.15) is 11.6 Å². The molecule has 1 amide bonds. The van der Waals surface area contributed by atoms with Crippen molar-refractivity contribution in [1.29, 1.82) is 0 Å². The summed E-state index contributed by atoms with van der Waals surface area (Å²) in [6, 6.07) is 2.19. The van der Waals surface area contributed by atoms with Crippen molar-refractivity contribution >= 4 is 11.9 Å². The summed E-state index contributed by atoms with van der Waals surface area (Å²) in [4.78, 5) is 23.7. The van der Waals surface area contributed by atoms with E-state index in [0.717, 1.165) is 17.0 Å². The van der Waals surface area contributed by atoms with Crippen LogP contribution in [-0.2, 0) is 9.59 Å². The van der Waals surface area contributed by atoms with Crippen molar-refractivity contribution in [2.24, 2.45) is 5.92 Å². The molecule has 0 aliphatic carbocycles. The smallest absolute Gasteiger partial charge is 0.309 e. The molecule has 1 aliphatic heterocycles. The monoisotopic (exact) mass is 255 g/mol. The zero-order valence-electron chi connectivity index (χ0n) is 9.56. The van der Waals surface area contributed by atoms with Crippen molar-refractivity contribution in [3.63, 3.8) is 0 Å². The van der Waals surface area contributed by atoms with E-state index < -0.39 is 35.5 Å². The van der Waals surface area contributed by atoms with E-state index in [2.05, 4.69) is 0 Å². The van der Waals surface area contributed by atoms with Crippen molar-refractivity contribution in [2.45, 2.75) is 12.5 Å². The normalized spacial score (nSPS) is 23.5. The first-order valence-corrected chi connectivity index (χ1v) is 5.36. The topological polar surface area (TPSA) is 57.6 Å². The molecule has 2 atom stereocenters. The molecule has 0 bridgehead atoms. The number of benzene rings is 1. The number of hydrogen-bond donors (Lipinski definition) is 1. The summed E-state index contributed by atoms with van der Waals surface area (Å²) in [5, 5.41) is 9.04. The Morgan fingerprint density at radius 1 is 1.39 bits per heavy atom. The summed E-state index contributed by atoms with van der Waals surface area (Å²) >= 11 is 0. The molecule has 2 unspecified atom stereocenters. The minimum Gasteiger partial charge on any atom is -0.481 e. The number of likely N-dealkylation sites (tertiary alicyclic amines) is 1. The predicted octanol–water partition coefficient (Wildman–Crippen LogP) is 1.57. The molecule has 1 N–H and O–H groups in total. The first kappa shape index (κ1) is 12.5. The Kier molecular flexibility index (Phi) is 3.02. The SMILES string of the molecule is CN1C(=O)CC(C(=O)O)C1c1c(F)cccc1F. The lowest BCUT2D eigenvalue weighted by Gasteiger charge is -2.24. The molecule has 1 aliphatic rings. The lowest BCUT2D eigenvalue weighted by molar-refractivity contribution is -0.142. The van der Waals surface area contributed by atoms with Crippen molar-refractivity contribution in [3.8, 4) is 0 Å². The number of nitrogens with zero attached hydrogens (tertiary/aromatic N) is 1. The summed E-state index contributed by atoms with van der Waals surface area (Å²) in [6.07, 6.45) is -0.246. The Labute approximate surface area is 102 Å². The van der Waals surface area contributed by atoms with Crippen LogP contribution in [0.5, 0.6) is 0 Å². The number of hydrogen-bond acceptors (Lipinski definition) is 2. The third-order valence-corrected chi connectivity index (χ3v) is 3.20. The number of carbonyl (C=O) groups excluding carboxylic acids is 1. The number of amides is 1. The molecule has 1 aromatic rings. The van der Waals surface area contributed by atoms with E-state index in [0.29, 0.717) is 0 Å². The van der Waals surface area contributed by atoms with Gasteiger partial charge in [-0.2, -0.15) is 0 Å². The van der Waals surface area contributed by atoms with E-state index in [1.165, 1.54) is 13.1 Å². The van der Waals surface area contributed by atoms with Gasteiger partial charge in [0.05, 0.1) is 12.0 Å². The highest BCUT2D eigenvalue weighted by Gasteiger charge is 2.45. The number of carboxylic acid groups (broad SMARTS) is 1. The molecule has 1 fully saturated rings. The summed E-state index contributed by atoms with van der Waals surface area (Å²) in [7, 11) is 1.35. The molecule has 96 valence electrons. The van der Waals surface area contributed by atoms with Gasteiger partial charge in [0.2, 0.25) is 5.91 Å². The molecule has 0 saturated carbocycles. The van der Waals surface area contributed by atoms with E-state index in [-0.39, 0.29) is 12.0 Å². The van der Waals surface area contributed by atoms with Gasteiger partial charge in [-0.3, -0.25) is 9.59 Å². The first-order valence-electron chi connectivity index (χ1n) is 5.36. The van der Waals surface area contributed by atoms with Crippen LogP contribution in [0.25, 0.3) is 0 Å². The van der Waals surface area contributed by atoms with Gasteiger partial charge in [-0.25, -0.2) is 8.78 Å². The second-order valence-corrected chi connectivity index (χ2v) is 4.23. The first-order chi connectivity index (χ1) is 8.43. The van der Waals surface area contributed by atoms with Gasteiger partial charge in [0.25, 0.3) is 0 Å². The third-order valence-electron chi connectivity index (χ3n) is 3.20. The Bertz CT molecular complexity index is 498. The molecular formula is C12H11F2NO3. The standard InChI is InChI=1S/C12H11F2NO3/c1-15-9(16)5-6(12(17)18)11(15)10-7(13)3-2-4-8(10)14/h2-4,6,11H,5H2,1H3,(H,17,18). The summed E-state index contributed by atoms with van der Waals surface area (Å²) < 4.78 is 27.3. The summed E-state index contributed by atoms with van der Waals surface area (Å²) in [5.41, 5.74) is -0.363. The third kappa shape index (κ3) is 1.83. The molecule has 6 heteroatoms. The van der Waals surface area contributed by atoms with Crippen LogP contribution < -0.4 is 0 Å². The Hall–Kier alpha value is -1.98. The van der Waals surface area contributed by atoms with E-state index in [4.69, 9.17) is 5.11 Å². The quantitative estimate of drug-likeness (QED) is 0.872. The molecule has 1 saturated heterocycles. The van der Waals surface area contributed by atoms with Crippen molar-refractivity contribution in [1.82, 2.24) is 4.90 Å². The van der Waals surface area contributed by atoms with Gasteiger partial charge in [0.15, 0.2) is 0 Å². The maximum absolute atomic E-state index is 13.7. The molecule has 1 aromatic carbocycles. The van der Waals surface area contributed by atoms with Crippen LogP contribution in [0.2, 0.25) is 0 Å². The minimum atomic E-state index is -1.24. The molecule has 0 radical (unpaired) electrons. The molecule has 18 heavy (non-hydrogen) atoms. The number of carbonyl (C=O) groups is 2. The summed E-state index contributed by atoms with van der Waals surface area (Å²) in [6.45, 7) is 0. The fourth-order valence-electron chi connectivity index (χ4n) is 2.28. The van der Waals surface area contributed by atoms with Crippen LogP contribution >= 0.6 is 0 Å². The van der Waals surface area contributed by atoms with Crippen LogP contribution in [0.15, 0.2) is 18.2 Å². The average molecular weight is 255 g/mol. The Morgan fingerprint density at radius 3 is 2.44 bits per heavy atom. The second-order valence-electron chi connectivity index (χ2n) is 4.23. The average Bonchev–Trinajstić information content (AvgIpc) is 2.57. The van der Waals surface area contributed by atoms with Gasteiger partial charge in [0, 0.05) is 19.0 Å². The number of aliphatic carboxylic acids is 1. The number of carboxylic acids is 1. The lowest BCUT2D eigenvalue weighted by Crippen LogP contribution is -2.28. The van der Waals surface area contributed by atoms with Gasteiger partial charge in [-0.1, -0.05) is 6.07 Å². The highest BCUT2D eigenvalue weighted by Crippen LogP contribution is 2.39. The van der Waals surface area contributed by atoms with Crippen LogP contribution in [0.1, 0.15) is 18.0 Å². The predicted molar refractivity (Wildman–Crippen MR) is 57.6 cm³/mol. The van der Waals surface area contributed by atoms with Crippen molar-refractivity contribution in [3.05, 3.63) is 35.4 Å². The van der Waals surface area contributed by atoms with Gasteiger partial charge in [-0.05, 0) is 12.1 Å². The van der Waals surface area contributed by atoms with Crippen molar-refractivity contribution < 1.29 is 23.5 Å². The van der Waals surface area contributed by atoms with Crippen LogP contribution in [0.3, 0.4) is 0 Å². The van der Waals surface area contributed by atoms with E-state index in [1.54, 1.807) is 0 Å². The molecule has 0 spiro atoms. The molecule has 0 aromatic heterocycles. The Morgan fingerprint density at radius 2 is 1.94 bits per heavy atom. The molecule has 2 rings (SSSR count). The van der Waals surface area contributed by atoms with Crippen molar-refractivity contribution in [2.75, 3.05) is 7.05 Å². The molecule has 4 nitrogen and oxygen atoms in total. The number of halogens is 2. The van der Waals surface area contributed by atoms with E-state index in [1.807, 2.05) is 0 Å². The van der Waals surface area contributed by atoms with Crippen LogP contribution in [-0.4, -0.2) is 28.9 Å². The molecular weight excluding hydrogens is 244 g/mol. The largest absolute Gasteiger partial charge is 0.481 e. The zero-order chi connectivity index (χ0) is 13.4. The fourth-order valence-corrected chi connectivity index (χ4v) is 2.28. The Balaban J connectivity index is 2.53. The highest BCUT2D eigenvalue weighted by atomic mass is 19.1. The summed E-state index contributed by atoms with van der Waals surface area (Å²) in [5.74, 6) is -4.48. The van der Waals surface area contributed by atoms with Gasteiger partial charge in [-0.15, -0.1) is 0 Å². The minimum absolute atomic E-state index is 0.246. The highest BCUT2D eigenvalue weighted by molar-refractivity contribution is 5.87. The number of rotatable bonds is 2. The van der Waals surface area contributed by atoms with Gasteiger partial charge < -0.3 is 10.0 Å². The molecule has 1 heterocycles. The van der Waals surface area contributed by atoms with E-state index >= 15 is 0 Å². The second kappa shape index (κ2) is 4.36. The van der Waals surface area contributed by atoms with Gasteiger partial charge >= 0.3 is 5.97 Å². The van der Waals surface area contributed by atoms with Crippen LogP contribution in [0.4, 0.5) is 8.78 Å². The maximum Gasteiger partial charge on any atom is 0.309 e. The fraction of sp³-hybridized carbons (Fsp3) is 0.333. The zero-order valence-corrected chi connectivity index (χ0v) is 9.56. The van der Waals surface area contributed by atoms with Crippen LogP contribution in [0, 0.1) is 17.6 Å². The maximum atomic E-state index is 13.7.